The first-order chi connectivity index (χ1) is 12.6. The average molecular weight is 372 g/mol. The molecule has 0 radical (unpaired) electrons. The zero-order valence-corrected chi connectivity index (χ0v) is 16.1. The maximum absolute atomic E-state index is 10.7. The van der Waals surface area contributed by atoms with E-state index in [1.807, 2.05) is 35.2 Å². The first-order valence-electron chi connectivity index (χ1n) is 8.64. The third-order valence-corrected chi connectivity index (χ3v) is 5.08. The van der Waals surface area contributed by atoms with Crippen LogP contribution >= 0.6 is 12.2 Å². The highest BCUT2D eigenvalue weighted by atomic mass is 32.1. The number of nitrogens with zero attached hydrogens (tertiary/aromatic N) is 1. The number of para-hydroxylation sites is 1. The van der Waals surface area contributed by atoms with Gasteiger partial charge in [0.05, 0.1) is 20.8 Å². The Hall–Kier alpha value is -2.31. The van der Waals surface area contributed by atoms with Crippen LogP contribution in [-0.2, 0) is 13.0 Å². The van der Waals surface area contributed by atoms with Gasteiger partial charge >= 0.3 is 0 Å². The Morgan fingerprint density at radius 3 is 2.58 bits per heavy atom. The topological polar surface area (TPSA) is 54.0 Å². The SMILES string of the molecule is CCc1ccccc1NC(=S)N1Cc2c(OC)ccc(OC)c2[C@@H](O)C1. The van der Waals surface area contributed by atoms with E-state index in [2.05, 4.69) is 18.3 Å². The highest BCUT2D eigenvalue weighted by Crippen LogP contribution is 2.39. The van der Waals surface area contributed by atoms with Gasteiger partial charge in [-0.05, 0) is 42.4 Å². The van der Waals surface area contributed by atoms with Crippen molar-refractivity contribution in [1.29, 1.82) is 0 Å². The number of nitrogens with one attached hydrogen (secondary N) is 1. The second kappa shape index (κ2) is 7.93. The van der Waals surface area contributed by atoms with Crippen LogP contribution in [0.15, 0.2) is 36.4 Å². The average Bonchev–Trinajstić information content (AvgIpc) is 2.67. The van der Waals surface area contributed by atoms with Crippen LogP contribution in [0, 0.1) is 0 Å². The van der Waals surface area contributed by atoms with Gasteiger partial charge in [-0.15, -0.1) is 0 Å². The van der Waals surface area contributed by atoms with Gasteiger partial charge < -0.3 is 24.8 Å². The first-order valence-corrected chi connectivity index (χ1v) is 9.05. The van der Waals surface area contributed by atoms with Crippen molar-refractivity contribution >= 4 is 23.0 Å². The maximum atomic E-state index is 10.7. The minimum Gasteiger partial charge on any atom is -0.496 e. The van der Waals surface area contributed by atoms with Gasteiger partial charge in [0.2, 0.25) is 0 Å². The number of methoxy groups -OCH3 is 2. The molecule has 0 fully saturated rings. The van der Waals surface area contributed by atoms with Crippen LogP contribution in [0.5, 0.6) is 11.5 Å². The van der Waals surface area contributed by atoms with E-state index in [-0.39, 0.29) is 0 Å². The second-order valence-corrected chi connectivity index (χ2v) is 6.59. The molecule has 0 bridgehead atoms. The number of thiocarbonyl (C=S) groups is 1. The monoisotopic (exact) mass is 372 g/mol. The van der Waals surface area contributed by atoms with Crippen molar-refractivity contribution in [2.24, 2.45) is 0 Å². The highest BCUT2D eigenvalue weighted by Gasteiger charge is 2.30. The zero-order chi connectivity index (χ0) is 18.7. The number of aliphatic hydroxyl groups excluding tert-OH is 1. The van der Waals surface area contributed by atoms with Crippen LogP contribution < -0.4 is 14.8 Å². The summed E-state index contributed by atoms with van der Waals surface area (Å²) in [6.07, 6.45) is 0.215. The van der Waals surface area contributed by atoms with Crippen molar-refractivity contribution in [1.82, 2.24) is 4.90 Å². The lowest BCUT2D eigenvalue weighted by Gasteiger charge is -2.35. The third kappa shape index (κ3) is 3.48. The summed E-state index contributed by atoms with van der Waals surface area (Å²) in [5, 5.41) is 14.6. The Morgan fingerprint density at radius 1 is 1.19 bits per heavy atom. The largest absolute Gasteiger partial charge is 0.496 e. The predicted octanol–water partition coefficient (Wildman–Crippen LogP) is 3.51. The summed E-state index contributed by atoms with van der Waals surface area (Å²) >= 11 is 5.62. The Kier molecular flexibility index (Phi) is 5.64. The lowest BCUT2D eigenvalue weighted by atomic mass is 9.95. The molecule has 1 aliphatic rings. The third-order valence-electron chi connectivity index (χ3n) is 4.72. The van der Waals surface area contributed by atoms with Gasteiger partial charge in [-0.25, -0.2) is 0 Å². The number of rotatable bonds is 4. The number of β-amino-alcohol motifs (C(OH)–C–C–N with tert-alkyl or cyclic N) is 1. The first kappa shape index (κ1) is 18.5. The van der Waals surface area contributed by atoms with Gasteiger partial charge in [-0.3, -0.25) is 0 Å². The van der Waals surface area contributed by atoms with E-state index in [1.54, 1.807) is 14.2 Å². The summed E-state index contributed by atoms with van der Waals surface area (Å²) in [6.45, 7) is 3.06. The summed E-state index contributed by atoms with van der Waals surface area (Å²) in [4.78, 5) is 1.96. The lowest BCUT2D eigenvalue weighted by molar-refractivity contribution is 0.123. The van der Waals surface area contributed by atoms with Crippen LogP contribution in [0.4, 0.5) is 5.69 Å². The predicted molar refractivity (Wildman–Crippen MR) is 107 cm³/mol. The molecule has 6 heteroatoms. The van der Waals surface area contributed by atoms with Crippen molar-refractivity contribution in [3.63, 3.8) is 0 Å². The number of aryl methyl sites for hydroxylation is 1. The minimum absolute atomic E-state index is 0.399. The molecule has 1 heterocycles. The van der Waals surface area contributed by atoms with Gasteiger partial charge in [0, 0.05) is 23.4 Å². The second-order valence-electron chi connectivity index (χ2n) is 6.20. The van der Waals surface area contributed by atoms with Crippen molar-refractivity contribution in [3.05, 3.63) is 53.1 Å². The number of ether oxygens (including phenoxy) is 2. The summed E-state index contributed by atoms with van der Waals surface area (Å²) in [5.41, 5.74) is 3.88. The Morgan fingerprint density at radius 2 is 1.88 bits per heavy atom. The normalized spacial score (nSPS) is 16.0. The number of hydrogen-bond donors (Lipinski definition) is 2. The van der Waals surface area contributed by atoms with Crippen LogP contribution in [-0.4, -0.2) is 35.9 Å². The molecule has 26 heavy (non-hydrogen) atoms. The standard InChI is InChI=1S/C20H24N2O3S/c1-4-13-7-5-6-8-15(13)21-20(26)22-11-14-17(24-2)9-10-18(25-3)19(14)16(23)12-22/h5-10,16,23H,4,11-12H2,1-3H3,(H,21,26)/t16-/m0/s1. The molecule has 1 aliphatic heterocycles. The number of fused-ring (bicyclic) bond motifs is 1. The molecule has 2 aromatic carbocycles. The Balaban J connectivity index is 1.87. The fraction of sp³-hybridized carbons (Fsp3) is 0.350. The molecule has 0 unspecified atom stereocenters. The fourth-order valence-corrected chi connectivity index (χ4v) is 3.62. The van der Waals surface area contributed by atoms with E-state index in [0.29, 0.717) is 24.0 Å². The van der Waals surface area contributed by atoms with Crippen molar-refractivity contribution < 1.29 is 14.6 Å². The molecule has 0 amide bonds. The molecule has 0 spiro atoms. The minimum atomic E-state index is -0.704. The van der Waals surface area contributed by atoms with Crippen LogP contribution in [0.1, 0.15) is 29.7 Å². The fourth-order valence-electron chi connectivity index (χ4n) is 3.38. The molecule has 3 rings (SSSR count). The number of anilines is 1. The lowest BCUT2D eigenvalue weighted by Crippen LogP contribution is -2.41. The molecule has 0 aliphatic carbocycles. The molecular weight excluding hydrogens is 348 g/mol. The smallest absolute Gasteiger partial charge is 0.173 e. The van der Waals surface area contributed by atoms with E-state index in [4.69, 9.17) is 21.7 Å². The van der Waals surface area contributed by atoms with E-state index in [9.17, 15) is 5.11 Å². The molecule has 2 N–H and O–H groups in total. The Bertz CT molecular complexity index is 810. The Labute approximate surface area is 159 Å². The molecule has 0 aromatic heterocycles. The highest BCUT2D eigenvalue weighted by molar-refractivity contribution is 7.80. The molecule has 5 nitrogen and oxygen atoms in total. The van der Waals surface area contributed by atoms with Crippen molar-refractivity contribution in [3.8, 4) is 11.5 Å². The molecule has 1 atom stereocenters. The molecular formula is C20H24N2O3S. The maximum Gasteiger partial charge on any atom is 0.173 e. The van der Waals surface area contributed by atoms with Crippen LogP contribution in [0.2, 0.25) is 0 Å². The molecule has 0 saturated carbocycles. The van der Waals surface area contributed by atoms with E-state index >= 15 is 0 Å². The van der Waals surface area contributed by atoms with Gasteiger partial charge in [-0.1, -0.05) is 25.1 Å². The number of aliphatic hydroxyl groups is 1. The van der Waals surface area contributed by atoms with E-state index < -0.39 is 6.10 Å². The van der Waals surface area contributed by atoms with Gasteiger partial charge in [0.15, 0.2) is 5.11 Å². The van der Waals surface area contributed by atoms with Gasteiger partial charge in [0.1, 0.15) is 17.6 Å². The van der Waals surface area contributed by atoms with E-state index in [0.717, 1.165) is 29.0 Å². The van der Waals surface area contributed by atoms with Crippen LogP contribution in [0.3, 0.4) is 0 Å². The summed E-state index contributed by atoms with van der Waals surface area (Å²) in [7, 11) is 3.23. The van der Waals surface area contributed by atoms with Crippen molar-refractivity contribution in [2.75, 3.05) is 26.1 Å². The summed E-state index contributed by atoms with van der Waals surface area (Å²) < 4.78 is 10.9. The van der Waals surface area contributed by atoms with Crippen molar-refractivity contribution in [2.45, 2.75) is 26.0 Å². The van der Waals surface area contributed by atoms with Gasteiger partial charge in [0.25, 0.3) is 0 Å². The molecule has 138 valence electrons. The molecule has 2 aromatic rings. The zero-order valence-electron chi connectivity index (χ0n) is 15.3. The summed E-state index contributed by atoms with van der Waals surface area (Å²) in [5.74, 6) is 1.39. The quantitative estimate of drug-likeness (QED) is 0.801. The number of benzene rings is 2. The summed E-state index contributed by atoms with van der Waals surface area (Å²) in [6, 6.07) is 11.8. The van der Waals surface area contributed by atoms with Gasteiger partial charge in [-0.2, -0.15) is 0 Å². The van der Waals surface area contributed by atoms with Crippen LogP contribution in [0.25, 0.3) is 0 Å². The molecule has 0 saturated heterocycles. The number of hydrogen-bond acceptors (Lipinski definition) is 4. The van der Waals surface area contributed by atoms with E-state index in [1.165, 1.54) is 5.56 Å².